The van der Waals surface area contributed by atoms with E-state index in [0.717, 1.165) is 18.5 Å². The maximum atomic E-state index is 11.9. The highest BCUT2D eigenvalue weighted by atomic mass is 16.2. The minimum atomic E-state index is -0.0768. The first-order valence-electron chi connectivity index (χ1n) is 8.62. The summed E-state index contributed by atoms with van der Waals surface area (Å²) in [7, 11) is 0. The van der Waals surface area contributed by atoms with Crippen LogP contribution < -0.4 is 16.0 Å². The minimum absolute atomic E-state index is 0.0549. The lowest BCUT2D eigenvalue weighted by molar-refractivity contribution is -0.119. The van der Waals surface area contributed by atoms with Crippen LogP contribution in [0.4, 0.5) is 5.69 Å². The van der Waals surface area contributed by atoms with E-state index in [1.54, 1.807) is 24.3 Å². The van der Waals surface area contributed by atoms with Gasteiger partial charge in [0, 0.05) is 24.3 Å². The summed E-state index contributed by atoms with van der Waals surface area (Å²) in [5.74, 6) is -0.132. The van der Waals surface area contributed by atoms with Crippen molar-refractivity contribution < 1.29 is 9.59 Å². The van der Waals surface area contributed by atoms with Gasteiger partial charge in [-0.25, -0.2) is 0 Å². The number of carbonyl (C=O) groups excluding carboxylic acids is 2. The quantitative estimate of drug-likeness (QED) is 0.658. The van der Waals surface area contributed by atoms with E-state index >= 15 is 0 Å². The summed E-state index contributed by atoms with van der Waals surface area (Å²) >= 11 is 0. The molecule has 0 saturated carbocycles. The molecular formula is C20H25N3O2. The largest absolute Gasteiger partial charge is 0.376 e. The van der Waals surface area contributed by atoms with Crippen LogP contribution >= 0.6 is 0 Å². The van der Waals surface area contributed by atoms with Crippen molar-refractivity contribution in [2.75, 3.05) is 25.0 Å². The highest BCUT2D eigenvalue weighted by molar-refractivity contribution is 5.94. The molecule has 5 nitrogen and oxygen atoms in total. The van der Waals surface area contributed by atoms with E-state index in [-0.39, 0.29) is 18.4 Å². The van der Waals surface area contributed by atoms with Gasteiger partial charge in [0.05, 0.1) is 6.54 Å². The lowest BCUT2D eigenvalue weighted by Crippen LogP contribution is -2.31. The molecule has 5 heteroatoms. The highest BCUT2D eigenvalue weighted by Crippen LogP contribution is 2.09. The third-order valence-electron chi connectivity index (χ3n) is 3.71. The van der Waals surface area contributed by atoms with E-state index in [9.17, 15) is 9.59 Å². The summed E-state index contributed by atoms with van der Waals surface area (Å²) in [6.45, 7) is 3.50. The number of benzene rings is 2. The number of amides is 2. The van der Waals surface area contributed by atoms with E-state index in [0.29, 0.717) is 18.7 Å². The summed E-state index contributed by atoms with van der Waals surface area (Å²) < 4.78 is 0. The molecule has 132 valence electrons. The van der Waals surface area contributed by atoms with Crippen molar-refractivity contribution >= 4 is 17.5 Å². The zero-order valence-corrected chi connectivity index (χ0v) is 14.5. The van der Waals surface area contributed by atoms with Gasteiger partial charge in [0.25, 0.3) is 5.91 Å². The summed E-state index contributed by atoms with van der Waals surface area (Å²) in [6, 6.07) is 17.2. The number of anilines is 1. The van der Waals surface area contributed by atoms with Gasteiger partial charge in [-0.2, -0.15) is 0 Å². The third-order valence-corrected chi connectivity index (χ3v) is 3.71. The number of rotatable bonds is 9. The molecule has 0 aromatic heterocycles. The number of hydrogen-bond acceptors (Lipinski definition) is 3. The minimum Gasteiger partial charge on any atom is -0.376 e. The van der Waals surface area contributed by atoms with Crippen LogP contribution in [0.1, 0.15) is 29.3 Å². The van der Waals surface area contributed by atoms with Crippen molar-refractivity contribution in [2.24, 2.45) is 0 Å². The maximum absolute atomic E-state index is 11.9. The van der Waals surface area contributed by atoms with Crippen LogP contribution in [0, 0.1) is 0 Å². The first kappa shape index (κ1) is 18.5. The van der Waals surface area contributed by atoms with E-state index in [1.165, 1.54) is 5.56 Å². The van der Waals surface area contributed by atoms with Crippen molar-refractivity contribution in [3.63, 3.8) is 0 Å². The van der Waals surface area contributed by atoms with Gasteiger partial charge in [0.1, 0.15) is 0 Å². The predicted molar refractivity (Wildman–Crippen MR) is 101 cm³/mol. The summed E-state index contributed by atoms with van der Waals surface area (Å²) in [5, 5.41) is 8.78. The number of hydrogen-bond donors (Lipinski definition) is 3. The van der Waals surface area contributed by atoms with Gasteiger partial charge < -0.3 is 16.0 Å². The van der Waals surface area contributed by atoms with Crippen molar-refractivity contribution in [3.8, 4) is 0 Å². The standard InChI is InChI=1S/C20H25N3O2/c1-2-13-22-20(25)17-8-10-18(11-9-17)23-15-19(24)21-14-12-16-6-4-3-5-7-16/h3-11,23H,2,12-15H2,1H3,(H,21,24)(H,22,25). The second kappa shape index (κ2) is 10.1. The average molecular weight is 339 g/mol. The fourth-order valence-corrected chi connectivity index (χ4v) is 2.32. The average Bonchev–Trinajstić information content (AvgIpc) is 2.65. The highest BCUT2D eigenvalue weighted by Gasteiger charge is 2.05. The van der Waals surface area contributed by atoms with Gasteiger partial charge >= 0.3 is 0 Å². The molecule has 25 heavy (non-hydrogen) atoms. The van der Waals surface area contributed by atoms with Crippen LogP contribution in [-0.4, -0.2) is 31.4 Å². The number of carbonyl (C=O) groups is 2. The molecule has 0 radical (unpaired) electrons. The van der Waals surface area contributed by atoms with Crippen LogP contribution in [0.5, 0.6) is 0 Å². The molecule has 0 bridgehead atoms. The van der Waals surface area contributed by atoms with Crippen LogP contribution in [-0.2, 0) is 11.2 Å². The van der Waals surface area contributed by atoms with Crippen LogP contribution in [0.25, 0.3) is 0 Å². The van der Waals surface area contributed by atoms with Crippen molar-refractivity contribution in [2.45, 2.75) is 19.8 Å². The SMILES string of the molecule is CCCNC(=O)c1ccc(NCC(=O)NCCc2ccccc2)cc1. The van der Waals surface area contributed by atoms with Crippen LogP contribution in [0.3, 0.4) is 0 Å². The Bertz CT molecular complexity index is 669. The first-order chi connectivity index (χ1) is 12.2. The Balaban J connectivity index is 1.69. The third kappa shape index (κ3) is 6.67. The molecule has 0 saturated heterocycles. The van der Waals surface area contributed by atoms with E-state index in [1.807, 2.05) is 37.3 Å². The number of nitrogens with one attached hydrogen (secondary N) is 3. The summed E-state index contributed by atoms with van der Waals surface area (Å²) in [6.07, 6.45) is 1.72. The van der Waals surface area contributed by atoms with Crippen LogP contribution in [0.15, 0.2) is 54.6 Å². The second-order valence-electron chi connectivity index (χ2n) is 5.77. The monoisotopic (exact) mass is 339 g/mol. The molecular weight excluding hydrogens is 314 g/mol. The predicted octanol–water partition coefficient (Wildman–Crippen LogP) is 2.60. The molecule has 0 atom stereocenters. The van der Waals surface area contributed by atoms with Gasteiger partial charge in [-0.3, -0.25) is 9.59 Å². The normalized spacial score (nSPS) is 10.1. The van der Waals surface area contributed by atoms with Gasteiger partial charge in [-0.05, 0) is 42.7 Å². The molecule has 0 fully saturated rings. The molecule has 0 aliphatic heterocycles. The molecule has 0 spiro atoms. The molecule has 2 aromatic rings. The second-order valence-corrected chi connectivity index (χ2v) is 5.77. The maximum Gasteiger partial charge on any atom is 0.251 e. The first-order valence-corrected chi connectivity index (χ1v) is 8.62. The van der Waals surface area contributed by atoms with E-state index in [2.05, 4.69) is 16.0 Å². The van der Waals surface area contributed by atoms with Crippen LogP contribution in [0.2, 0.25) is 0 Å². The molecule has 0 heterocycles. The zero-order valence-electron chi connectivity index (χ0n) is 14.5. The molecule has 2 amide bonds. The summed E-state index contributed by atoms with van der Waals surface area (Å²) in [4.78, 5) is 23.7. The van der Waals surface area contributed by atoms with Gasteiger partial charge in [0.15, 0.2) is 0 Å². The fourth-order valence-electron chi connectivity index (χ4n) is 2.32. The fraction of sp³-hybridized carbons (Fsp3) is 0.300. The lowest BCUT2D eigenvalue weighted by Gasteiger charge is -2.09. The Morgan fingerprint density at radius 1 is 0.880 bits per heavy atom. The topological polar surface area (TPSA) is 70.2 Å². The Morgan fingerprint density at radius 2 is 1.60 bits per heavy atom. The molecule has 3 N–H and O–H groups in total. The van der Waals surface area contributed by atoms with Gasteiger partial charge in [-0.1, -0.05) is 37.3 Å². The molecule has 0 unspecified atom stereocenters. The molecule has 2 rings (SSSR count). The van der Waals surface area contributed by atoms with E-state index < -0.39 is 0 Å². The molecule has 0 aliphatic carbocycles. The summed E-state index contributed by atoms with van der Waals surface area (Å²) in [5.41, 5.74) is 2.63. The van der Waals surface area contributed by atoms with Gasteiger partial charge in [-0.15, -0.1) is 0 Å². The van der Waals surface area contributed by atoms with E-state index in [4.69, 9.17) is 0 Å². The Hall–Kier alpha value is -2.82. The van der Waals surface area contributed by atoms with Gasteiger partial charge in [0.2, 0.25) is 5.91 Å². The smallest absolute Gasteiger partial charge is 0.251 e. The molecule has 2 aromatic carbocycles. The molecule has 0 aliphatic rings. The van der Waals surface area contributed by atoms with Crippen molar-refractivity contribution in [1.82, 2.24) is 10.6 Å². The van der Waals surface area contributed by atoms with Crippen molar-refractivity contribution in [3.05, 3.63) is 65.7 Å². The van der Waals surface area contributed by atoms with Crippen molar-refractivity contribution in [1.29, 1.82) is 0 Å². The zero-order chi connectivity index (χ0) is 17.9. The Labute approximate surface area is 148 Å². The Kier molecular flexibility index (Phi) is 7.50. The lowest BCUT2D eigenvalue weighted by atomic mass is 10.1. The Morgan fingerprint density at radius 3 is 2.28 bits per heavy atom.